The van der Waals surface area contributed by atoms with Gasteiger partial charge in [-0.2, -0.15) is 0 Å². The zero-order chi connectivity index (χ0) is 12.2. The predicted octanol–water partition coefficient (Wildman–Crippen LogP) is 0.813. The van der Waals surface area contributed by atoms with E-state index in [1.54, 1.807) is 12.1 Å². The lowest BCUT2D eigenvalue weighted by atomic mass is 10.1. The first-order chi connectivity index (χ1) is 7.39. The molecule has 0 saturated carbocycles. The van der Waals surface area contributed by atoms with Gasteiger partial charge in [0.2, 0.25) is 10.0 Å². The lowest BCUT2D eigenvalue weighted by Gasteiger charge is -2.04. The number of thiocarbonyl (C=S) groups is 1. The Morgan fingerprint density at radius 3 is 2.38 bits per heavy atom. The van der Waals surface area contributed by atoms with Crippen LogP contribution in [0.3, 0.4) is 0 Å². The van der Waals surface area contributed by atoms with Crippen LogP contribution in [0, 0.1) is 0 Å². The van der Waals surface area contributed by atoms with Crippen LogP contribution < -0.4 is 10.5 Å². The van der Waals surface area contributed by atoms with Gasteiger partial charge < -0.3 is 5.32 Å². The summed E-state index contributed by atoms with van der Waals surface area (Å²) in [5.74, 6) is 0. The Hall–Kier alpha value is -0.980. The molecule has 0 unspecified atom stereocenters. The quantitative estimate of drug-likeness (QED) is 0.784. The largest absolute Gasteiger partial charge is 0.380 e. The van der Waals surface area contributed by atoms with E-state index in [1.807, 2.05) is 6.92 Å². The van der Waals surface area contributed by atoms with Crippen LogP contribution in [0.5, 0.6) is 0 Å². The monoisotopic (exact) mass is 258 g/mol. The van der Waals surface area contributed by atoms with Crippen LogP contribution in [0.25, 0.3) is 0 Å². The molecule has 0 aromatic heterocycles. The molecular formula is C10H14N2O2S2. The van der Waals surface area contributed by atoms with E-state index in [4.69, 9.17) is 17.4 Å². The summed E-state index contributed by atoms with van der Waals surface area (Å²) in [6.07, 6.45) is 0.791. The third kappa shape index (κ3) is 4.26. The maximum atomic E-state index is 11.0. The number of nitrogens with one attached hydrogen (secondary N) is 1. The average Bonchev–Trinajstić information content (AvgIpc) is 2.16. The van der Waals surface area contributed by atoms with Crippen LogP contribution in [-0.4, -0.2) is 20.0 Å². The van der Waals surface area contributed by atoms with Gasteiger partial charge in [0.25, 0.3) is 0 Å². The molecular weight excluding hydrogens is 244 g/mol. The third-order valence-corrected chi connectivity index (χ3v) is 3.11. The van der Waals surface area contributed by atoms with Crippen molar-refractivity contribution in [3.8, 4) is 0 Å². The Kier molecular flexibility index (Phi) is 4.40. The van der Waals surface area contributed by atoms with Crippen molar-refractivity contribution in [3.05, 3.63) is 29.8 Å². The van der Waals surface area contributed by atoms with Gasteiger partial charge in [-0.3, -0.25) is 0 Å². The summed E-state index contributed by atoms with van der Waals surface area (Å²) in [5.41, 5.74) is 1.04. The molecule has 1 aromatic rings. The van der Waals surface area contributed by atoms with Gasteiger partial charge in [-0.25, -0.2) is 13.6 Å². The minimum atomic E-state index is -3.59. The van der Waals surface area contributed by atoms with Gasteiger partial charge in [0.15, 0.2) is 0 Å². The molecule has 1 rings (SSSR count). The third-order valence-electron chi connectivity index (χ3n) is 2.04. The SMILES string of the molecule is CC(=S)NCCc1ccc(S(N)(=O)=O)cc1. The first-order valence-corrected chi connectivity index (χ1v) is 6.71. The topological polar surface area (TPSA) is 72.2 Å². The molecule has 0 radical (unpaired) electrons. The van der Waals surface area contributed by atoms with Gasteiger partial charge >= 0.3 is 0 Å². The maximum Gasteiger partial charge on any atom is 0.238 e. The predicted molar refractivity (Wildman–Crippen MR) is 67.8 cm³/mol. The minimum absolute atomic E-state index is 0.134. The van der Waals surface area contributed by atoms with Crippen molar-refractivity contribution in [2.45, 2.75) is 18.2 Å². The van der Waals surface area contributed by atoms with Crippen molar-refractivity contribution in [2.75, 3.05) is 6.54 Å². The van der Waals surface area contributed by atoms with Gasteiger partial charge in [-0.05, 0) is 31.0 Å². The second-order valence-electron chi connectivity index (χ2n) is 3.42. The fraction of sp³-hybridized carbons (Fsp3) is 0.300. The van der Waals surface area contributed by atoms with E-state index < -0.39 is 10.0 Å². The smallest absolute Gasteiger partial charge is 0.238 e. The lowest BCUT2D eigenvalue weighted by Crippen LogP contribution is -2.20. The van der Waals surface area contributed by atoms with E-state index in [0.29, 0.717) is 0 Å². The van der Waals surface area contributed by atoms with Crippen molar-refractivity contribution in [3.63, 3.8) is 0 Å². The highest BCUT2D eigenvalue weighted by molar-refractivity contribution is 7.89. The number of benzene rings is 1. The zero-order valence-corrected chi connectivity index (χ0v) is 10.6. The first-order valence-electron chi connectivity index (χ1n) is 4.76. The van der Waals surface area contributed by atoms with Crippen molar-refractivity contribution in [2.24, 2.45) is 5.14 Å². The van der Waals surface area contributed by atoms with Gasteiger partial charge in [0.05, 0.1) is 9.88 Å². The van der Waals surface area contributed by atoms with Gasteiger partial charge in [-0.15, -0.1) is 0 Å². The summed E-state index contributed by atoms with van der Waals surface area (Å²) in [6, 6.07) is 6.52. The van der Waals surface area contributed by atoms with Crippen molar-refractivity contribution >= 4 is 27.2 Å². The molecule has 1 aromatic carbocycles. The molecule has 6 heteroatoms. The Balaban J connectivity index is 2.62. The Morgan fingerprint density at radius 1 is 1.38 bits per heavy atom. The molecule has 0 spiro atoms. The molecule has 0 bridgehead atoms. The van der Waals surface area contributed by atoms with Gasteiger partial charge in [0.1, 0.15) is 0 Å². The van der Waals surface area contributed by atoms with E-state index in [2.05, 4.69) is 5.32 Å². The van der Waals surface area contributed by atoms with Crippen molar-refractivity contribution in [1.82, 2.24) is 5.32 Å². The summed E-state index contributed by atoms with van der Waals surface area (Å²) < 4.78 is 22.0. The zero-order valence-electron chi connectivity index (χ0n) is 8.93. The van der Waals surface area contributed by atoms with E-state index in [9.17, 15) is 8.42 Å². The second kappa shape index (κ2) is 5.38. The van der Waals surface area contributed by atoms with Gasteiger partial charge in [-0.1, -0.05) is 24.4 Å². The van der Waals surface area contributed by atoms with Crippen molar-refractivity contribution in [1.29, 1.82) is 0 Å². The number of primary sulfonamides is 1. The molecule has 0 aliphatic rings. The van der Waals surface area contributed by atoms with Crippen LogP contribution in [0.2, 0.25) is 0 Å². The number of hydrogen-bond acceptors (Lipinski definition) is 3. The molecule has 88 valence electrons. The van der Waals surface area contributed by atoms with Gasteiger partial charge in [0, 0.05) is 6.54 Å². The number of hydrogen-bond donors (Lipinski definition) is 2. The first kappa shape index (κ1) is 13.1. The number of nitrogens with two attached hydrogens (primary N) is 1. The summed E-state index contributed by atoms with van der Waals surface area (Å²) >= 11 is 4.87. The van der Waals surface area contributed by atoms with Crippen LogP contribution >= 0.6 is 12.2 Å². The Labute approximate surface area is 101 Å². The summed E-state index contributed by atoms with van der Waals surface area (Å²) in [7, 11) is -3.59. The summed E-state index contributed by atoms with van der Waals surface area (Å²) in [4.78, 5) is 0.886. The molecule has 0 saturated heterocycles. The molecule has 0 fully saturated rings. The Bertz CT molecular complexity index is 466. The van der Waals surface area contributed by atoms with E-state index in [-0.39, 0.29) is 4.90 Å². The van der Waals surface area contributed by atoms with E-state index in [1.165, 1.54) is 12.1 Å². The minimum Gasteiger partial charge on any atom is -0.380 e. The number of sulfonamides is 1. The molecule has 16 heavy (non-hydrogen) atoms. The molecule has 0 aliphatic carbocycles. The second-order valence-corrected chi connectivity index (χ2v) is 5.60. The average molecular weight is 258 g/mol. The fourth-order valence-corrected chi connectivity index (χ4v) is 1.85. The molecule has 0 heterocycles. The number of rotatable bonds is 4. The molecule has 0 aliphatic heterocycles. The Morgan fingerprint density at radius 2 is 1.94 bits per heavy atom. The standard InChI is InChI=1S/C10H14N2O2S2/c1-8(15)12-7-6-9-2-4-10(5-3-9)16(11,13)14/h2-5H,6-7H2,1H3,(H,12,15)(H2,11,13,14). The molecule has 0 atom stereocenters. The van der Waals surface area contributed by atoms with E-state index >= 15 is 0 Å². The lowest BCUT2D eigenvalue weighted by molar-refractivity contribution is 0.598. The summed E-state index contributed by atoms with van der Waals surface area (Å²) in [5, 5.41) is 8.02. The molecule has 3 N–H and O–H groups in total. The maximum absolute atomic E-state index is 11.0. The summed E-state index contributed by atoms with van der Waals surface area (Å²) in [6.45, 7) is 2.56. The van der Waals surface area contributed by atoms with Crippen LogP contribution in [0.1, 0.15) is 12.5 Å². The van der Waals surface area contributed by atoms with E-state index in [0.717, 1.165) is 23.5 Å². The fourth-order valence-electron chi connectivity index (χ4n) is 1.23. The highest BCUT2D eigenvalue weighted by atomic mass is 32.2. The molecule has 0 amide bonds. The normalized spacial score (nSPS) is 11.1. The van der Waals surface area contributed by atoms with Crippen LogP contribution in [-0.2, 0) is 16.4 Å². The van der Waals surface area contributed by atoms with Crippen molar-refractivity contribution < 1.29 is 8.42 Å². The van der Waals surface area contributed by atoms with Crippen LogP contribution in [0.4, 0.5) is 0 Å². The highest BCUT2D eigenvalue weighted by Crippen LogP contribution is 2.08. The molecule has 4 nitrogen and oxygen atoms in total. The highest BCUT2D eigenvalue weighted by Gasteiger charge is 2.06. The van der Waals surface area contributed by atoms with Crippen LogP contribution in [0.15, 0.2) is 29.2 Å².